The average Bonchev–Trinajstić information content (AvgIpc) is 2.67. The lowest BCUT2D eigenvalue weighted by Crippen LogP contribution is -2.53. The number of nitrogens with two attached hydrogens (primary N) is 1. The number of ether oxygens (including phenoxy) is 1. The van der Waals surface area contributed by atoms with Crippen LogP contribution in [0.4, 0.5) is 0 Å². The molecule has 2 aliphatic rings. The van der Waals surface area contributed by atoms with Gasteiger partial charge < -0.3 is 20.3 Å². The maximum absolute atomic E-state index is 12.6. The van der Waals surface area contributed by atoms with Crippen molar-refractivity contribution < 1.29 is 14.3 Å². The average molecular weight is 368 g/mol. The molecule has 2 saturated heterocycles. The molecule has 2 N–H and O–H groups in total. The standard InChI is InChI=1S/C20H37N3O3/c1-4-16(5-2)18(24)23-11-6-17(7-12-23)22-13-8-20(9-14-22,19(21)25)10-15-26-3/h16-17H,4-15H2,1-3H3,(H2,21,25). The Morgan fingerprint density at radius 2 is 1.69 bits per heavy atom. The van der Waals surface area contributed by atoms with E-state index in [1.165, 1.54) is 0 Å². The Kier molecular flexibility index (Phi) is 7.89. The maximum Gasteiger partial charge on any atom is 0.225 e. The van der Waals surface area contributed by atoms with Crippen LogP contribution in [0.1, 0.15) is 58.8 Å². The molecule has 0 aliphatic carbocycles. The highest BCUT2D eigenvalue weighted by Gasteiger charge is 2.41. The Morgan fingerprint density at radius 1 is 1.12 bits per heavy atom. The van der Waals surface area contributed by atoms with Crippen LogP contribution in [0.2, 0.25) is 0 Å². The number of likely N-dealkylation sites (tertiary alicyclic amines) is 2. The van der Waals surface area contributed by atoms with Crippen LogP contribution in [-0.2, 0) is 14.3 Å². The molecule has 0 radical (unpaired) electrons. The minimum atomic E-state index is -0.404. The molecule has 6 nitrogen and oxygen atoms in total. The monoisotopic (exact) mass is 367 g/mol. The summed E-state index contributed by atoms with van der Waals surface area (Å²) in [5, 5.41) is 0. The van der Waals surface area contributed by atoms with Crippen LogP contribution in [0.15, 0.2) is 0 Å². The van der Waals surface area contributed by atoms with Gasteiger partial charge in [-0.1, -0.05) is 13.8 Å². The third kappa shape index (κ3) is 4.77. The highest BCUT2D eigenvalue weighted by atomic mass is 16.5. The van der Waals surface area contributed by atoms with E-state index >= 15 is 0 Å². The van der Waals surface area contributed by atoms with Crippen LogP contribution in [0.5, 0.6) is 0 Å². The molecule has 2 heterocycles. The molecular weight excluding hydrogens is 330 g/mol. The number of amides is 2. The smallest absolute Gasteiger partial charge is 0.225 e. The number of nitrogens with zero attached hydrogens (tertiary/aromatic N) is 2. The van der Waals surface area contributed by atoms with Crippen molar-refractivity contribution in [2.45, 2.75) is 64.8 Å². The van der Waals surface area contributed by atoms with E-state index in [1.54, 1.807) is 7.11 Å². The van der Waals surface area contributed by atoms with Gasteiger partial charge in [-0.2, -0.15) is 0 Å². The lowest BCUT2D eigenvalue weighted by atomic mass is 9.74. The number of rotatable bonds is 8. The summed E-state index contributed by atoms with van der Waals surface area (Å²) in [6.45, 7) is 8.33. The summed E-state index contributed by atoms with van der Waals surface area (Å²) in [7, 11) is 1.67. The molecule has 0 unspecified atom stereocenters. The minimum Gasteiger partial charge on any atom is -0.385 e. The number of hydrogen-bond acceptors (Lipinski definition) is 4. The van der Waals surface area contributed by atoms with E-state index < -0.39 is 5.41 Å². The Hall–Kier alpha value is -1.14. The van der Waals surface area contributed by atoms with Crippen LogP contribution < -0.4 is 5.73 Å². The van der Waals surface area contributed by atoms with Gasteiger partial charge in [-0.15, -0.1) is 0 Å². The van der Waals surface area contributed by atoms with Gasteiger partial charge in [0.1, 0.15) is 0 Å². The molecular formula is C20H37N3O3. The van der Waals surface area contributed by atoms with E-state index in [-0.39, 0.29) is 11.8 Å². The molecule has 6 heteroatoms. The van der Waals surface area contributed by atoms with Crippen molar-refractivity contribution in [1.82, 2.24) is 9.80 Å². The topological polar surface area (TPSA) is 75.9 Å². The van der Waals surface area contributed by atoms with Gasteiger partial charge in [0.15, 0.2) is 0 Å². The van der Waals surface area contributed by atoms with Gasteiger partial charge in [-0.25, -0.2) is 0 Å². The predicted molar refractivity (Wildman–Crippen MR) is 103 cm³/mol. The second kappa shape index (κ2) is 9.70. The van der Waals surface area contributed by atoms with Gasteiger partial charge in [-0.3, -0.25) is 9.59 Å². The van der Waals surface area contributed by atoms with Crippen molar-refractivity contribution in [2.24, 2.45) is 17.1 Å². The Balaban J connectivity index is 1.84. The normalized spacial score (nSPS) is 21.9. The lowest BCUT2D eigenvalue weighted by Gasteiger charge is -2.45. The molecule has 0 aromatic carbocycles. The van der Waals surface area contributed by atoms with E-state index in [1.807, 2.05) is 0 Å². The zero-order chi connectivity index (χ0) is 19.2. The molecule has 0 aromatic heterocycles. The summed E-state index contributed by atoms with van der Waals surface area (Å²) in [5.74, 6) is 0.331. The predicted octanol–water partition coefficient (Wildman–Crippen LogP) is 2.02. The SMILES string of the molecule is CCC(CC)C(=O)N1CCC(N2CCC(CCOC)(C(N)=O)CC2)CC1. The molecule has 0 bridgehead atoms. The van der Waals surface area contributed by atoms with Crippen molar-refractivity contribution in [3.05, 3.63) is 0 Å². The Bertz CT molecular complexity index is 463. The third-order valence-electron chi connectivity index (χ3n) is 6.69. The summed E-state index contributed by atoms with van der Waals surface area (Å²) in [4.78, 5) is 29.1. The van der Waals surface area contributed by atoms with Crippen molar-refractivity contribution in [3.8, 4) is 0 Å². The fourth-order valence-electron chi connectivity index (χ4n) is 4.58. The van der Waals surface area contributed by atoms with Gasteiger partial charge in [0.2, 0.25) is 11.8 Å². The molecule has 2 rings (SSSR count). The number of methoxy groups -OCH3 is 1. The Labute approximate surface area is 158 Å². The van der Waals surface area contributed by atoms with Gasteiger partial charge in [0.25, 0.3) is 0 Å². The van der Waals surface area contributed by atoms with Crippen LogP contribution in [0.3, 0.4) is 0 Å². The van der Waals surface area contributed by atoms with Crippen LogP contribution in [0, 0.1) is 11.3 Å². The fraction of sp³-hybridized carbons (Fsp3) is 0.900. The molecule has 2 amide bonds. The first kappa shape index (κ1) is 21.2. The molecule has 150 valence electrons. The molecule has 0 atom stereocenters. The van der Waals surface area contributed by atoms with Crippen LogP contribution in [-0.4, -0.2) is 67.6 Å². The molecule has 2 fully saturated rings. The molecule has 0 saturated carbocycles. The van der Waals surface area contributed by atoms with E-state index in [2.05, 4.69) is 23.6 Å². The van der Waals surface area contributed by atoms with Crippen molar-refractivity contribution in [3.63, 3.8) is 0 Å². The summed E-state index contributed by atoms with van der Waals surface area (Å²) < 4.78 is 5.18. The first-order valence-electron chi connectivity index (χ1n) is 10.3. The lowest BCUT2D eigenvalue weighted by molar-refractivity contribution is -0.138. The first-order chi connectivity index (χ1) is 12.5. The van der Waals surface area contributed by atoms with Gasteiger partial charge >= 0.3 is 0 Å². The van der Waals surface area contributed by atoms with E-state index in [0.717, 1.165) is 71.1 Å². The number of carbonyl (C=O) groups excluding carboxylic acids is 2. The molecule has 0 aromatic rings. The quantitative estimate of drug-likeness (QED) is 0.712. The number of hydrogen-bond donors (Lipinski definition) is 1. The van der Waals surface area contributed by atoms with Crippen molar-refractivity contribution >= 4 is 11.8 Å². The van der Waals surface area contributed by atoms with Gasteiger partial charge in [0, 0.05) is 38.8 Å². The Morgan fingerprint density at radius 3 is 2.15 bits per heavy atom. The van der Waals surface area contributed by atoms with E-state index in [4.69, 9.17) is 10.5 Å². The summed E-state index contributed by atoms with van der Waals surface area (Å²) >= 11 is 0. The largest absolute Gasteiger partial charge is 0.385 e. The zero-order valence-corrected chi connectivity index (χ0v) is 16.8. The summed E-state index contributed by atoms with van der Waals surface area (Å²) in [5.41, 5.74) is 5.31. The summed E-state index contributed by atoms with van der Waals surface area (Å²) in [6, 6.07) is 0.522. The van der Waals surface area contributed by atoms with Gasteiger partial charge in [0.05, 0.1) is 5.41 Å². The summed E-state index contributed by atoms with van der Waals surface area (Å²) in [6.07, 6.45) is 6.28. The van der Waals surface area contributed by atoms with E-state index in [9.17, 15) is 9.59 Å². The third-order valence-corrected chi connectivity index (χ3v) is 6.69. The second-order valence-corrected chi connectivity index (χ2v) is 7.99. The highest BCUT2D eigenvalue weighted by molar-refractivity contribution is 5.81. The van der Waals surface area contributed by atoms with Crippen LogP contribution in [0.25, 0.3) is 0 Å². The minimum absolute atomic E-state index is 0.179. The van der Waals surface area contributed by atoms with Crippen molar-refractivity contribution in [1.29, 1.82) is 0 Å². The molecule has 26 heavy (non-hydrogen) atoms. The van der Waals surface area contributed by atoms with E-state index in [0.29, 0.717) is 18.6 Å². The highest BCUT2D eigenvalue weighted by Crippen LogP contribution is 2.36. The number of piperidine rings is 2. The fourth-order valence-corrected chi connectivity index (χ4v) is 4.58. The number of primary amides is 1. The zero-order valence-electron chi connectivity index (χ0n) is 16.8. The maximum atomic E-state index is 12.6. The molecule has 2 aliphatic heterocycles. The second-order valence-electron chi connectivity index (χ2n) is 7.99. The van der Waals surface area contributed by atoms with Crippen LogP contribution >= 0.6 is 0 Å². The molecule has 0 spiro atoms. The van der Waals surface area contributed by atoms with Crippen molar-refractivity contribution in [2.75, 3.05) is 39.9 Å². The van der Waals surface area contributed by atoms with Gasteiger partial charge in [-0.05, 0) is 58.0 Å². The first-order valence-corrected chi connectivity index (χ1v) is 10.3. The number of carbonyl (C=O) groups is 2.